The average molecular weight is 287 g/mol. The topological polar surface area (TPSA) is 49.2 Å². The first kappa shape index (κ1) is 15.4. The number of aromatic nitrogens is 3. The van der Waals surface area contributed by atoms with Crippen molar-refractivity contribution in [1.82, 2.24) is 14.8 Å². The minimum Gasteiger partial charge on any atom is -0.383 e. The molecule has 5 heteroatoms. The molecule has 112 valence electrons. The Morgan fingerprint density at radius 2 is 2.05 bits per heavy atom. The van der Waals surface area contributed by atoms with Crippen LogP contribution >= 0.6 is 0 Å². The van der Waals surface area contributed by atoms with Gasteiger partial charge in [-0.2, -0.15) is 5.10 Å². The number of allylic oxidation sites excluding steroid dienone is 1. The zero-order valence-electron chi connectivity index (χ0n) is 12.6. The Balaban J connectivity index is 2.43. The van der Waals surface area contributed by atoms with Gasteiger partial charge in [-0.15, -0.1) is 6.58 Å². The highest BCUT2D eigenvalue weighted by Gasteiger charge is 2.14. The molecule has 1 aromatic carbocycles. The Kier molecular flexibility index (Phi) is 5.66. The monoisotopic (exact) mass is 287 g/mol. The fourth-order valence-electron chi connectivity index (χ4n) is 2.18. The molecule has 0 fully saturated rings. The summed E-state index contributed by atoms with van der Waals surface area (Å²) >= 11 is 0. The maximum absolute atomic E-state index is 5.15. The van der Waals surface area contributed by atoms with E-state index in [2.05, 4.69) is 28.8 Å². The first-order chi connectivity index (χ1) is 10.3. The molecule has 2 aromatic rings. The van der Waals surface area contributed by atoms with Crippen LogP contribution in [0.15, 0.2) is 36.9 Å². The van der Waals surface area contributed by atoms with Gasteiger partial charge in [0, 0.05) is 19.8 Å². The standard InChI is InChI=1S/C16H21N3O2/c1-4-7-13-8-5-6-9-14(13)16-17-15(12-21-3)18-19(16)10-11-20-2/h4-6,8-9H,1,7,10-12H2,2-3H3. The highest BCUT2D eigenvalue weighted by Crippen LogP contribution is 2.23. The number of hydrogen-bond acceptors (Lipinski definition) is 4. The molecule has 21 heavy (non-hydrogen) atoms. The number of hydrogen-bond donors (Lipinski definition) is 0. The predicted molar refractivity (Wildman–Crippen MR) is 81.9 cm³/mol. The summed E-state index contributed by atoms with van der Waals surface area (Å²) in [5.74, 6) is 1.52. The van der Waals surface area contributed by atoms with Gasteiger partial charge >= 0.3 is 0 Å². The Morgan fingerprint density at radius 3 is 2.76 bits per heavy atom. The van der Waals surface area contributed by atoms with Gasteiger partial charge in [-0.25, -0.2) is 9.67 Å². The molecule has 0 aliphatic carbocycles. The van der Waals surface area contributed by atoms with Gasteiger partial charge in [-0.3, -0.25) is 0 Å². The molecule has 1 heterocycles. The fraction of sp³-hybridized carbons (Fsp3) is 0.375. The van der Waals surface area contributed by atoms with Gasteiger partial charge in [0.15, 0.2) is 11.6 Å². The second-order valence-corrected chi connectivity index (χ2v) is 4.65. The average Bonchev–Trinajstić information content (AvgIpc) is 2.89. The van der Waals surface area contributed by atoms with Crippen molar-refractivity contribution >= 4 is 0 Å². The van der Waals surface area contributed by atoms with Gasteiger partial charge in [0.05, 0.1) is 13.2 Å². The number of ether oxygens (including phenoxy) is 2. The molecule has 0 amide bonds. The Bertz CT molecular complexity index is 593. The predicted octanol–water partition coefficient (Wildman–Crippen LogP) is 2.47. The zero-order chi connectivity index (χ0) is 15.1. The summed E-state index contributed by atoms with van der Waals surface area (Å²) in [5.41, 5.74) is 2.26. The minimum atomic E-state index is 0.399. The molecule has 0 bridgehead atoms. The Morgan fingerprint density at radius 1 is 1.24 bits per heavy atom. The molecule has 0 spiro atoms. The molecule has 0 unspecified atom stereocenters. The Labute approximate surface area is 125 Å². The van der Waals surface area contributed by atoms with Crippen molar-refractivity contribution in [3.63, 3.8) is 0 Å². The van der Waals surface area contributed by atoms with Crippen molar-refractivity contribution in [1.29, 1.82) is 0 Å². The van der Waals surface area contributed by atoms with E-state index in [9.17, 15) is 0 Å². The van der Waals surface area contributed by atoms with Crippen LogP contribution in [0.25, 0.3) is 11.4 Å². The van der Waals surface area contributed by atoms with Gasteiger partial charge in [-0.1, -0.05) is 30.3 Å². The van der Waals surface area contributed by atoms with E-state index >= 15 is 0 Å². The Hall–Kier alpha value is -1.98. The normalized spacial score (nSPS) is 10.8. The molecule has 1 aromatic heterocycles. The van der Waals surface area contributed by atoms with Gasteiger partial charge in [0.25, 0.3) is 0 Å². The SMILES string of the molecule is C=CCc1ccccc1-c1nc(COC)nn1CCOC. The van der Waals surface area contributed by atoms with Crippen LogP contribution in [-0.4, -0.2) is 35.6 Å². The third-order valence-electron chi connectivity index (χ3n) is 3.12. The maximum atomic E-state index is 5.15. The molecule has 2 rings (SSSR count). The van der Waals surface area contributed by atoms with Crippen molar-refractivity contribution in [2.24, 2.45) is 0 Å². The van der Waals surface area contributed by atoms with Crippen molar-refractivity contribution in [3.05, 3.63) is 48.3 Å². The van der Waals surface area contributed by atoms with Crippen LogP contribution < -0.4 is 0 Å². The minimum absolute atomic E-state index is 0.399. The summed E-state index contributed by atoms with van der Waals surface area (Å²) in [6.45, 7) is 5.46. The number of benzene rings is 1. The lowest BCUT2D eigenvalue weighted by Gasteiger charge is -2.09. The summed E-state index contributed by atoms with van der Waals surface area (Å²) in [6, 6.07) is 8.17. The van der Waals surface area contributed by atoms with Crippen LogP contribution in [0.4, 0.5) is 0 Å². The summed E-state index contributed by atoms with van der Waals surface area (Å²) in [6.07, 6.45) is 2.69. The lowest BCUT2D eigenvalue weighted by Crippen LogP contribution is -2.08. The van der Waals surface area contributed by atoms with E-state index in [4.69, 9.17) is 9.47 Å². The fourth-order valence-corrected chi connectivity index (χ4v) is 2.18. The van der Waals surface area contributed by atoms with Crippen LogP contribution in [0.5, 0.6) is 0 Å². The van der Waals surface area contributed by atoms with Gasteiger partial charge < -0.3 is 9.47 Å². The van der Waals surface area contributed by atoms with Crippen LogP contribution in [0.2, 0.25) is 0 Å². The first-order valence-corrected chi connectivity index (χ1v) is 6.91. The van der Waals surface area contributed by atoms with E-state index in [0.717, 1.165) is 17.8 Å². The molecule has 0 radical (unpaired) electrons. The van der Waals surface area contributed by atoms with Crippen molar-refractivity contribution in [2.75, 3.05) is 20.8 Å². The molecule has 0 aliphatic rings. The molecular weight excluding hydrogens is 266 g/mol. The van der Waals surface area contributed by atoms with E-state index in [1.54, 1.807) is 14.2 Å². The highest BCUT2D eigenvalue weighted by atomic mass is 16.5. The lowest BCUT2D eigenvalue weighted by molar-refractivity contribution is 0.173. The van der Waals surface area contributed by atoms with E-state index in [1.807, 2.05) is 22.9 Å². The van der Waals surface area contributed by atoms with Crippen LogP contribution in [0.1, 0.15) is 11.4 Å². The summed E-state index contributed by atoms with van der Waals surface area (Å²) in [7, 11) is 3.32. The quantitative estimate of drug-likeness (QED) is 0.700. The third kappa shape index (κ3) is 3.77. The van der Waals surface area contributed by atoms with Crippen LogP contribution in [0, 0.1) is 0 Å². The van der Waals surface area contributed by atoms with Crippen LogP contribution in [0.3, 0.4) is 0 Å². The second kappa shape index (κ2) is 7.71. The first-order valence-electron chi connectivity index (χ1n) is 6.91. The third-order valence-corrected chi connectivity index (χ3v) is 3.12. The van der Waals surface area contributed by atoms with Crippen molar-refractivity contribution in [3.8, 4) is 11.4 Å². The van der Waals surface area contributed by atoms with Crippen molar-refractivity contribution < 1.29 is 9.47 Å². The molecular formula is C16H21N3O2. The zero-order valence-corrected chi connectivity index (χ0v) is 12.6. The largest absolute Gasteiger partial charge is 0.383 e. The molecule has 5 nitrogen and oxygen atoms in total. The van der Waals surface area contributed by atoms with Crippen molar-refractivity contribution in [2.45, 2.75) is 19.6 Å². The highest BCUT2D eigenvalue weighted by molar-refractivity contribution is 5.61. The smallest absolute Gasteiger partial charge is 0.176 e. The van der Waals surface area contributed by atoms with Crippen LogP contribution in [-0.2, 0) is 29.0 Å². The van der Waals surface area contributed by atoms with Gasteiger partial charge in [0.2, 0.25) is 0 Å². The number of methoxy groups -OCH3 is 2. The van der Waals surface area contributed by atoms with E-state index < -0.39 is 0 Å². The van der Waals surface area contributed by atoms with Gasteiger partial charge in [0.1, 0.15) is 6.61 Å². The van der Waals surface area contributed by atoms with Gasteiger partial charge in [-0.05, 0) is 12.0 Å². The summed E-state index contributed by atoms with van der Waals surface area (Å²) < 4.78 is 12.2. The molecule has 0 saturated heterocycles. The van der Waals surface area contributed by atoms with E-state index in [1.165, 1.54) is 5.56 Å². The summed E-state index contributed by atoms with van der Waals surface area (Å²) in [5, 5.41) is 4.49. The molecule has 0 aliphatic heterocycles. The lowest BCUT2D eigenvalue weighted by atomic mass is 10.0. The molecule has 0 N–H and O–H groups in total. The maximum Gasteiger partial charge on any atom is 0.176 e. The molecule has 0 atom stereocenters. The number of rotatable bonds is 8. The number of nitrogens with zero attached hydrogens (tertiary/aromatic N) is 3. The summed E-state index contributed by atoms with van der Waals surface area (Å²) in [4.78, 5) is 4.60. The van der Waals surface area contributed by atoms with E-state index in [0.29, 0.717) is 25.6 Å². The molecule has 0 saturated carbocycles. The second-order valence-electron chi connectivity index (χ2n) is 4.65. The van der Waals surface area contributed by atoms with E-state index in [-0.39, 0.29) is 0 Å².